The third-order valence-corrected chi connectivity index (χ3v) is 3.65. The number of nitrogens with one attached hydrogen (secondary N) is 1. The zero-order valence-corrected chi connectivity index (χ0v) is 10.3. The van der Waals surface area contributed by atoms with Gasteiger partial charge in [0.2, 0.25) is 0 Å². The van der Waals surface area contributed by atoms with E-state index in [1.807, 2.05) is 19.1 Å². The van der Waals surface area contributed by atoms with Gasteiger partial charge in [-0.25, -0.2) is 0 Å². The van der Waals surface area contributed by atoms with Crippen molar-refractivity contribution >= 4 is 28.9 Å². The van der Waals surface area contributed by atoms with E-state index in [2.05, 4.69) is 17.4 Å². The van der Waals surface area contributed by atoms with Crippen LogP contribution in [0.1, 0.15) is 25.3 Å². The number of benzene rings is 1. The van der Waals surface area contributed by atoms with Gasteiger partial charge in [0.1, 0.15) is 0 Å². The number of para-hydroxylation sites is 1. The molecule has 15 heavy (non-hydrogen) atoms. The largest absolute Gasteiger partial charge is 0.383 e. The van der Waals surface area contributed by atoms with E-state index in [1.54, 1.807) is 0 Å². The number of halogens is 2. The van der Waals surface area contributed by atoms with Crippen LogP contribution in [0.2, 0.25) is 0 Å². The fraction of sp³-hybridized carbons (Fsp3) is 0.500. The summed E-state index contributed by atoms with van der Waals surface area (Å²) in [6, 6.07) is 8.23. The van der Waals surface area contributed by atoms with Gasteiger partial charge in [-0.2, -0.15) is 0 Å². The summed E-state index contributed by atoms with van der Waals surface area (Å²) in [5.41, 5.74) is 2.37. The first-order chi connectivity index (χ1) is 7.12. The Labute approximate surface area is 101 Å². The Morgan fingerprint density at radius 1 is 1.47 bits per heavy atom. The number of anilines is 1. The standard InChI is InChI=1S/C12H15Cl2N/c1-9(13)6-7-12(14)8-15-11-5-3-2-4-10(11)12/h2-5,9,15H,6-8H2,1H3. The highest BCUT2D eigenvalue weighted by molar-refractivity contribution is 6.25. The van der Waals surface area contributed by atoms with Crippen molar-refractivity contribution in [3.63, 3.8) is 0 Å². The predicted molar refractivity (Wildman–Crippen MR) is 67.0 cm³/mol. The molecule has 1 aromatic carbocycles. The summed E-state index contributed by atoms with van der Waals surface area (Å²) in [7, 11) is 0. The average Bonchev–Trinajstić information content (AvgIpc) is 2.56. The first-order valence-corrected chi connectivity index (χ1v) is 6.10. The molecule has 0 aliphatic carbocycles. The minimum absolute atomic E-state index is 0.188. The van der Waals surface area contributed by atoms with Crippen LogP contribution in [0.5, 0.6) is 0 Å². The molecule has 0 spiro atoms. The van der Waals surface area contributed by atoms with E-state index in [1.165, 1.54) is 5.56 Å². The number of rotatable bonds is 3. The molecule has 0 bridgehead atoms. The summed E-state index contributed by atoms with van der Waals surface area (Å²) in [6.45, 7) is 2.81. The highest BCUT2D eigenvalue weighted by atomic mass is 35.5. The Hall–Kier alpha value is -0.400. The van der Waals surface area contributed by atoms with Crippen molar-refractivity contribution in [2.24, 2.45) is 0 Å². The zero-order chi connectivity index (χ0) is 10.9. The predicted octanol–water partition coefficient (Wildman–Crippen LogP) is 3.95. The molecule has 1 aliphatic rings. The highest BCUT2D eigenvalue weighted by Crippen LogP contribution is 2.43. The molecule has 3 heteroatoms. The molecule has 0 saturated heterocycles. The molecule has 1 nitrogen and oxygen atoms in total. The maximum absolute atomic E-state index is 6.62. The normalized spacial score (nSPS) is 25.8. The Kier molecular flexibility index (Phi) is 3.13. The molecular weight excluding hydrogens is 229 g/mol. The number of hydrogen-bond donors (Lipinski definition) is 1. The van der Waals surface area contributed by atoms with Gasteiger partial charge in [0.25, 0.3) is 0 Å². The van der Waals surface area contributed by atoms with E-state index in [0.717, 1.165) is 25.1 Å². The van der Waals surface area contributed by atoms with Gasteiger partial charge < -0.3 is 5.32 Å². The Morgan fingerprint density at radius 3 is 2.93 bits per heavy atom. The summed E-state index contributed by atoms with van der Waals surface area (Å²) < 4.78 is 0. The van der Waals surface area contributed by atoms with E-state index in [-0.39, 0.29) is 10.3 Å². The number of fused-ring (bicyclic) bond motifs is 1. The highest BCUT2D eigenvalue weighted by Gasteiger charge is 2.36. The van der Waals surface area contributed by atoms with Crippen LogP contribution < -0.4 is 5.32 Å². The maximum atomic E-state index is 6.62. The van der Waals surface area contributed by atoms with Crippen LogP contribution in [0.15, 0.2) is 24.3 Å². The van der Waals surface area contributed by atoms with Crippen LogP contribution in [0.4, 0.5) is 5.69 Å². The van der Waals surface area contributed by atoms with Gasteiger partial charge in [-0.05, 0) is 31.4 Å². The zero-order valence-electron chi connectivity index (χ0n) is 8.76. The molecule has 2 rings (SSSR count). The Bertz CT molecular complexity index is 351. The molecule has 0 saturated carbocycles. The lowest BCUT2D eigenvalue weighted by Crippen LogP contribution is -2.22. The molecule has 2 atom stereocenters. The summed E-state index contributed by atoms with van der Waals surface area (Å²) >= 11 is 12.6. The van der Waals surface area contributed by atoms with Gasteiger partial charge >= 0.3 is 0 Å². The first-order valence-electron chi connectivity index (χ1n) is 5.28. The van der Waals surface area contributed by atoms with Gasteiger partial charge in [0.05, 0.1) is 4.87 Å². The lowest BCUT2D eigenvalue weighted by Gasteiger charge is -2.21. The summed E-state index contributed by atoms with van der Waals surface area (Å²) in [5.74, 6) is 0. The molecule has 1 aromatic rings. The SMILES string of the molecule is CC(Cl)CCC1(Cl)CNc2ccccc21. The van der Waals surface area contributed by atoms with Crippen LogP contribution >= 0.6 is 23.2 Å². The smallest absolute Gasteiger partial charge is 0.0887 e. The van der Waals surface area contributed by atoms with Crippen LogP contribution in [0, 0.1) is 0 Å². The van der Waals surface area contributed by atoms with E-state index in [0.29, 0.717) is 0 Å². The molecule has 1 N–H and O–H groups in total. The summed E-state index contributed by atoms with van der Waals surface area (Å²) in [6.07, 6.45) is 1.87. The van der Waals surface area contributed by atoms with Crippen molar-refractivity contribution in [2.45, 2.75) is 30.0 Å². The van der Waals surface area contributed by atoms with E-state index < -0.39 is 0 Å². The third-order valence-electron chi connectivity index (χ3n) is 2.91. The molecule has 0 aromatic heterocycles. The van der Waals surface area contributed by atoms with Crippen molar-refractivity contribution in [1.82, 2.24) is 0 Å². The number of hydrogen-bond acceptors (Lipinski definition) is 1. The Morgan fingerprint density at radius 2 is 2.20 bits per heavy atom. The summed E-state index contributed by atoms with van der Waals surface area (Å²) in [4.78, 5) is -0.264. The quantitative estimate of drug-likeness (QED) is 0.793. The van der Waals surface area contributed by atoms with Crippen molar-refractivity contribution < 1.29 is 0 Å². The van der Waals surface area contributed by atoms with Crippen LogP contribution in [0.25, 0.3) is 0 Å². The molecule has 1 aliphatic heterocycles. The summed E-state index contributed by atoms with van der Waals surface area (Å²) in [5, 5.41) is 3.53. The van der Waals surface area contributed by atoms with Crippen LogP contribution in [0.3, 0.4) is 0 Å². The van der Waals surface area contributed by atoms with E-state index in [9.17, 15) is 0 Å². The molecule has 2 unspecified atom stereocenters. The minimum atomic E-state index is -0.264. The molecular formula is C12H15Cl2N. The van der Waals surface area contributed by atoms with Gasteiger partial charge in [-0.15, -0.1) is 23.2 Å². The van der Waals surface area contributed by atoms with Crippen molar-refractivity contribution in [3.8, 4) is 0 Å². The third kappa shape index (κ3) is 2.24. The topological polar surface area (TPSA) is 12.0 Å². The van der Waals surface area contributed by atoms with Crippen molar-refractivity contribution in [2.75, 3.05) is 11.9 Å². The average molecular weight is 244 g/mol. The first kappa shape index (κ1) is 11.1. The lowest BCUT2D eigenvalue weighted by atomic mass is 9.94. The van der Waals surface area contributed by atoms with Crippen LogP contribution in [-0.2, 0) is 4.87 Å². The van der Waals surface area contributed by atoms with Gasteiger partial charge in [0, 0.05) is 17.6 Å². The molecule has 82 valence electrons. The second kappa shape index (κ2) is 4.23. The molecule has 0 radical (unpaired) electrons. The molecule has 0 fully saturated rings. The Balaban J connectivity index is 2.17. The fourth-order valence-electron chi connectivity index (χ4n) is 2.01. The maximum Gasteiger partial charge on any atom is 0.0887 e. The lowest BCUT2D eigenvalue weighted by molar-refractivity contribution is 0.568. The molecule has 1 heterocycles. The van der Waals surface area contributed by atoms with E-state index in [4.69, 9.17) is 23.2 Å². The van der Waals surface area contributed by atoms with Crippen LogP contribution in [-0.4, -0.2) is 11.9 Å². The van der Waals surface area contributed by atoms with Gasteiger partial charge in [-0.3, -0.25) is 0 Å². The molecule has 0 amide bonds. The number of alkyl halides is 2. The fourth-order valence-corrected chi connectivity index (χ4v) is 2.46. The minimum Gasteiger partial charge on any atom is -0.383 e. The van der Waals surface area contributed by atoms with Gasteiger partial charge in [-0.1, -0.05) is 18.2 Å². The van der Waals surface area contributed by atoms with Crippen molar-refractivity contribution in [1.29, 1.82) is 0 Å². The second-order valence-electron chi connectivity index (χ2n) is 4.18. The second-order valence-corrected chi connectivity index (χ2v) is 5.65. The monoisotopic (exact) mass is 243 g/mol. The van der Waals surface area contributed by atoms with Crippen molar-refractivity contribution in [3.05, 3.63) is 29.8 Å². The van der Waals surface area contributed by atoms with E-state index >= 15 is 0 Å². The van der Waals surface area contributed by atoms with Gasteiger partial charge in [0.15, 0.2) is 0 Å².